The molecule has 0 aliphatic carbocycles. The molecule has 0 aromatic heterocycles. The molecule has 1 aromatic carbocycles. The fourth-order valence-electron chi connectivity index (χ4n) is 1.70. The zero-order chi connectivity index (χ0) is 15.0. The number of carbonyl (C=O) groups excluding carboxylic acids is 1. The van der Waals surface area contributed by atoms with Gasteiger partial charge < -0.3 is 9.64 Å². The number of thioether (sulfide) groups is 1. The van der Waals surface area contributed by atoms with Crippen molar-refractivity contribution in [3.8, 4) is 5.75 Å². The molecule has 0 heterocycles. The van der Waals surface area contributed by atoms with Crippen molar-refractivity contribution in [2.75, 3.05) is 19.1 Å². The van der Waals surface area contributed by atoms with Crippen molar-refractivity contribution < 1.29 is 9.53 Å². The van der Waals surface area contributed by atoms with E-state index in [9.17, 15) is 4.79 Å². The van der Waals surface area contributed by atoms with Crippen LogP contribution in [-0.4, -0.2) is 29.9 Å². The zero-order valence-corrected chi connectivity index (χ0v) is 13.5. The molecular weight excluding hydrogens is 270 g/mol. The van der Waals surface area contributed by atoms with Gasteiger partial charge in [0.2, 0.25) is 5.91 Å². The molecule has 20 heavy (non-hydrogen) atoms. The third kappa shape index (κ3) is 5.29. The highest BCUT2D eigenvalue weighted by atomic mass is 32.2. The van der Waals surface area contributed by atoms with Crippen LogP contribution in [0.5, 0.6) is 5.75 Å². The average molecular weight is 293 g/mol. The number of rotatable bonds is 7. The summed E-state index contributed by atoms with van der Waals surface area (Å²) in [5.74, 6) is 1.47. The molecule has 0 N–H and O–H groups in total. The Labute approximate surface area is 126 Å². The van der Waals surface area contributed by atoms with Crippen LogP contribution in [0.2, 0.25) is 0 Å². The van der Waals surface area contributed by atoms with Gasteiger partial charge in [-0.05, 0) is 37.3 Å². The Morgan fingerprint density at radius 1 is 1.35 bits per heavy atom. The van der Waals surface area contributed by atoms with Crippen LogP contribution >= 0.6 is 11.8 Å². The van der Waals surface area contributed by atoms with E-state index in [0.717, 1.165) is 17.7 Å². The number of nitrogens with zero attached hydrogens (tertiary/aromatic N) is 1. The molecule has 0 bridgehead atoms. The summed E-state index contributed by atoms with van der Waals surface area (Å²) in [5.41, 5.74) is 2.30. The number of methoxy groups -OCH3 is 1. The topological polar surface area (TPSA) is 29.5 Å². The van der Waals surface area contributed by atoms with Crippen molar-refractivity contribution in [1.29, 1.82) is 0 Å². The Bertz CT molecular complexity index is 454. The first-order valence-corrected chi connectivity index (χ1v) is 8.08. The maximum atomic E-state index is 12.2. The van der Waals surface area contributed by atoms with E-state index in [-0.39, 0.29) is 5.91 Å². The Hall–Kier alpha value is -1.42. The maximum absolute atomic E-state index is 12.2. The molecule has 0 radical (unpaired) electrons. The van der Waals surface area contributed by atoms with Gasteiger partial charge in [-0.1, -0.05) is 24.6 Å². The summed E-state index contributed by atoms with van der Waals surface area (Å²) < 4.78 is 5.15. The summed E-state index contributed by atoms with van der Waals surface area (Å²) in [7, 11) is 1.65. The fraction of sp³-hybridized carbons (Fsp3) is 0.438. The molecule has 0 fully saturated rings. The van der Waals surface area contributed by atoms with Crippen molar-refractivity contribution in [1.82, 2.24) is 4.90 Å². The lowest BCUT2D eigenvalue weighted by Crippen LogP contribution is -2.27. The van der Waals surface area contributed by atoms with Gasteiger partial charge in [0.1, 0.15) is 5.75 Å². The third-order valence-corrected chi connectivity index (χ3v) is 3.57. The van der Waals surface area contributed by atoms with Crippen molar-refractivity contribution >= 4 is 17.7 Å². The summed E-state index contributed by atoms with van der Waals surface area (Å²) >= 11 is 1.55. The Kier molecular flexibility index (Phi) is 7.23. The first-order chi connectivity index (χ1) is 9.60. The highest BCUT2D eigenvalue weighted by Crippen LogP contribution is 2.15. The van der Waals surface area contributed by atoms with Crippen LogP contribution in [0.15, 0.2) is 36.0 Å². The van der Waals surface area contributed by atoms with Gasteiger partial charge in [-0.15, -0.1) is 0 Å². The summed E-state index contributed by atoms with van der Waals surface area (Å²) in [4.78, 5) is 14.0. The molecule has 0 atom stereocenters. The van der Waals surface area contributed by atoms with Gasteiger partial charge in [0.05, 0.1) is 19.4 Å². The van der Waals surface area contributed by atoms with E-state index in [1.807, 2.05) is 43.6 Å². The molecule has 4 heteroatoms. The van der Waals surface area contributed by atoms with Gasteiger partial charge in [-0.2, -0.15) is 11.8 Å². The number of hydrogen-bond donors (Lipinski definition) is 0. The normalized spacial score (nSPS) is 11.3. The summed E-state index contributed by atoms with van der Waals surface area (Å²) in [6.07, 6.45) is 4.86. The molecular formula is C16H23NO2S. The molecule has 0 spiro atoms. The second-order valence-electron chi connectivity index (χ2n) is 4.63. The van der Waals surface area contributed by atoms with Crippen molar-refractivity contribution in [2.45, 2.75) is 26.8 Å². The van der Waals surface area contributed by atoms with Crippen LogP contribution in [0.4, 0.5) is 0 Å². The van der Waals surface area contributed by atoms with Gasteiger partial charge in [0.15, 0.2) is 0 Å². The Morgan fingerprint density at radius 3 is 2.50 bits per heavy atom. The molecule has 0 unspecified atom stereocenters. The molecule has 110 valence electrons. The number of carbonyl (C=O) groups is 1. The standard InChI is InChI=1S/C16H23NO2S/c1-5-13(2)10-17(16(18)12-20-4)11-14-6-8-15(19-3)9-7-14/h6-10H,5,11-12H2,1-4H3/b13-10+. The quantitative estimate of drug-likeness (QED) is 0.767. The van der Waals surface area contributed by atoms with Crippen LogP contribution in [0, 0.1) is 0 Å². The van der Waals surface area contributed by atoms with Crippen LogP contribution in [0.3, 0.4) is 0 Å². The second-order valence-corrected chi connectivity index (χ2v) is 5.50. The molecule has 1 amide bonds. The number of amides is 1. The maximum Gasteiger partial charge on any atom is 0.236 e. The third-order valence-electron chi connectivity index (χ3n) is 3.03. The second kappa shape index (κ2) is 8.69. The van der Waals surface area contributed by atoms with E-state index in [0.29, 0.717) is 12.3 Å². The predicted molar refractivity (Wildman–Crippen MR) is 86.0 cm³/mol. The monoisotopic (exact) mass is 293 g/mol. The average Bonchev–Trinajstić information content (AvgIpc) is 2.47. The minimum Gasteiger partial charge on any atom is -0.497 e. The summed E-state index contributed by atoms with van der Waals surface area (Å²) in [6.45, 7) is 4.74. The van der Waals surface area contributed by atoms with E-state index < -0.39 is 0 Å². The number of hydrogen-bond acceptors (Lipinski definition) is 3. The smallest absolute Gasteiger partial charge is 0.236 e. The largest absolute Gasteiger partial charge is 0.497 e. The first-order valence-electron chi connectivity index (χ1n) is 6.69. The molecule has 0 saturated heterocycles. The zero-order valence-electron chi connectivity index (χ0n) is 12.7. The highest BCUT2D eigenvalue weighted by molar-refractivity contribution is 7.99. The van der Waals surface area contributed by atoms with E-state index in [1.54, 1.807) is 23.8 Å². The molecule has 1 aromatic rings. The lowest BCUT2D eigenvalue weighted by Gasteiger charge is -2.19. The van der Waals surface area contributed by atoms with Crippen LogP contribution in [0.25, 0.3) is 0 Å². The van der Waals surface area contributed by atoms with Crippen LogP contribution in [0.1, 0.15) is 25.8 Å². The van der Waals surface area contributed by atoms with E-state index in [1.165, 1.54) is 5.57 Å². The van der Waals surface area contributed by atoms with Gasteiger partial charge in [-0.3, -0.25) is 4.79 Å². The number of ether oxygens (including phenoxy) is 1. The Morgan fingerprint density at radius 2 is 2.00 bits per heavy atom. The molecule has 1 rings (SSSR count). The first kappa shape index (κ1) is 16.6. The van der Waals surface area contributed by atoms with Crippen molar-refractivity contribution in [3.63, 3.8) is 0 Å². The van der Waals surface area contributed by atoms with Crippen molar-refractivity contribution in [2.24, 2.45) is 0 Å². The van der Waals surface area contributed by atoms with Crippen molar-refractivity contribution in [3.05, 3.63) is 41.6 Å². The predicted octanol–water partition coefficient (Wildman–Crippen LogP) is 3.70. The van der Waals surface area contributed by atoms with Gasteiger partial charge in [0, 0.05) is 6.20 Å². The SMILES string of the molecule is CC/C(C)=C/N(Cc1ccc(OC)cc1)C(=O)CSC. The number of allylic oxidation sites excluding steroid dienone is 1. The van der Waals surface area contributed by atoms with Gasteiger partial charge in [-0.25, -0.2) is 0 Å². The molecule has 3 nitrogen and oxygen atoms in total. The lowest BCUT2D eigenvalue weighted by atomic mass is 10.2. The van der Waals surface area contributed by atoms with E-state index >= 15 is 0 Å². The van der Waals surface area contributed by atoms with E-state index in [4.69, 9.17) is 4.74 Å². The van der Waals surface area contributed by atoms with Crippen LogP contribution < -0.4 is 4.74 Å². The fourth-order valence-corrected chi connectivity index (χ4v) is 2.11. The lowest BCUT2D eigenvalue weighted by molar-refractivity contribution is -0.126. The van der Waals surface area contributed by atoms with Gasteiger partial charge in [0.25, 0.3) is 0 Å². The molecule has 0 aliphatic heterocycles. The Balaban J connectivity index is 2.84. The van der Waals surface area contributed by atoms with E-state index in [2.05, 4.69) is 6.92 Å². The summed E-state index contributed by atoms with van der Waals surface area (Å²) in [5, 5.41) is 0. The molecule has 0 saturated carbocycles. The molecule has 0 aliphatic rings. The minimum absolute atomic E-state index is 0.140. The van der Waals surface area contributed by atoms with Crippen LogP contribution in [-0.2, 0) is 11.3 Å². The minimum atomic E-state index is 0.140. The highest BCUT2D eigenvalue weighted by Gasteiger charge is 2.11. The number of benzene rings is 1. The summed E-state index contributed by atoms with van der Waals surface area (Å²) in [6, 6.07) is 7.83. The van der Waals surface area contributed by atoms with Gasteiger partial charge >= 0.3 is 0 Å².